The van der Waals surface area contributed by atoms with Crippen LogP contribution in [0.15, 0.2) is 158 Å². The van der Waals surface area contributed by atoms with Crippen molar-refractivity contribution in [2.24, 2.45) is 0 Å². The van der Waals surface area contributed by atoms with E-state index in [0.717, 1.165) is 61.0 Å². The van der Waals surface area contributed by atoms with E-state index in [2.05, 4.69) is 155 Å². The van der Waals surface area contributed by atoms with Gasteiger partial charge in [0.2, 0.25) is 5.95 Å². The van der Waals surface area contributed by atoms with E-state index in [4.69, 9.17) is 9.97 Å². The molecule has 9 rings (SSSR count). The topological polar surface area (TPSA) is 35.6 Å². The van der Waals surface area contributed by atoms with E-state index in [1.54, 1.807) is 0 Å². The smallest absolute Gasteiger partial charge is 0.235 e. The Kier molecular flexibility index (Phi) is 5.47. The Hall–Kier alpha value is -6.00. The number of fused-ring (bicyclic) bond motifs is 6. The van der Waals surface area contributed by atoms with Gasteiger partial charge in [-0.1, -0.05) is 121 Å². The van der Waals surface area contributed by atoms with Crippen molar-refractivity contribution < 1.29 is 0 Å². The van der Waals surface area contributed by atoms with Gasteiger partial charge in [-0.15, -0.1) is 0 Å². The predicted octanol–water partition coefficient (Wildman–Crippen LogP) is 10.0. The number of aromatic nitrogens is 4. The zero-order valence-corrected chi connectivity index (χ0v) is 23.8. The standard InChI is InChI=1S/C40H26N4/c1-4-14-27(15-5-1)37-26-33-36(43(37)29-18-8-3-9-19-29)25-24-31-30-20-11-13-23-35(30)44(39(31)33)40-41-34-22-12-10-21-32(34)38(42-40)28-16-6-2-7-17-28/h1-26H. The number of rotatable bonds is 4. The third-order valence-corrected chi connectivity index (χ3v) is 8.54. The third kappa shape index (κ3) is 3.71. The van der Waals surface area contributed by atoms with Gasteiger partial charge in [-0.05, 0) is 42.0 Å². The normalized spacial score (nSPS) is 11.6. The third-order valence-electron chi connectivity index (χ3n) is 8.54. The first-order valence-corrected chi connectivity index (χ1v) is 14.9. The van der Waals surface area contributed by atoms with Gasteiger partial charge < -0.3 is 4.57 Å². The number of nitrogens with zero attached hydrogens (tertiary/aromatic N) is 4. The van der Waals surface area contributed by atoms with Crippen molar-refractivity contribution in [2.45, 2.75) is 0 Å². The maximum Gasteiger partial charge on any atom is 0.235 e. The lowest BCUT2D eigenvalue weighted by molar-refractivity contribution is 1.02. The highest BCUT2D eigenvalue weighted by Crippen LogP contribution is 2.41. The first kappa shape index (κ1) is 24.6. The fourth-order valence-electron chi connectivity index (χ4n) is 6.61. The molecule has 0 radical (unpaired) electrons. The van der Waals surface area contributed by atoms with Crippen molar-refractivity contribution in [1.29, 1.82) is 0 Å². The highest BCUT2D eigenvalue weighted by atomic mass is 15.2. The van der Waals surface area contributed by atoms with Crippen LogP contribution < -0.4 is 0 Å². The predicted molar refractivity (Wildman–Crippen MR) is 182 cm³/mol. The van der Waals surface area contributed by atoms with Gasteiger partial charge in [0.1, 0.15) is 0 Å². The Morgan fingerprint density at radius 2 is 1.02 bits per heavy atom. The summed E-state index contributed by atoms with van der Waals surface area (Å²) in [6, 6.07) is 55.3. The Morgan fingerprint density at radius 1 is 0.409 bits per heavy atom. The highest BCUT2D eigenvalue weighted by Gasteiger charge is 2.22. The van der Waals surface area contributed by atoms with Crippen LogP contribution in [0.5, 0.6) is 0 Å². The fraction of sp³-hybridized carbons (Fsp3) is 0. The molecule has 0 spiro atoms. The molecule has 9 aromatic rings. The maximum atomic E-state index is 5.31. The van der Waals surface area contributed by atoms with Crippen LogP contribution in [0.25, 0.3) is 77.8 Å². The summed E-state index contributed by atoms with van der Waals surface area (Å²) >= 11 is 0. The van der Waals surface area contributed by atoms with Crippen molar-refractivity contribution >= 4 is 43.6 Å². The quantitative estimate of drug-likeness (QED) is 0.214. The minimum atomic E-state index is 0.662. The number of benzene rings is 6. The van der Waals surface area contributed by atoms with Crippen molar-refractivity contribution in [3.8, 4) is 34.2 Å². The monoisotopic (exact) mass is 562 g/mol. The van der Waals surface area contributed by atoms with Crippen LogP contribution in [-0.2, 0) is 0 Å². The molecule has 0 aliphatic heterocycles. The minimum Gasteiger partial charge on any atom is -0.309 e. The minimum absolute atomic E-state index is 0.662. The average Bonchev–Trinajstić information content (AvgIpc) is 3.65. The Bertz CT molecular complexity index is 2470. The van der Waals surface area contributed by atoms with Crippen LogP contribution in [0.1, 0.15) is 0 Å². The highest BCUT2D eigenvalue weighted by molar-refractivity contribution is 6.19. The molecule has 0 fully saturated rings. The Labute approximate surface area is 254 Å². The van der Waals surface area contributed by atoms with E-state index in [9.17, 15) is 0 Å². The summed E-state index contributed by atoms with van der Waals surface area (Å²) in [5, 5.41) is 4.54. The molecule has 0 saturated carbocycles. The summed E-state index contributed by atoms with van der Waals surface area (Å²) in [4.78, 5) is 10.5. The molecule has 3 heterocycles. The second-order valence-electron chi connectivity index (χ2n) is 11.1. The second kappa shape index (κ2) is 9.79. The lowest BCUT2D eigenvalue weighted by Gasteiger charge is -2.12. The Morgan fingerprint density at radius 3 is 1.80 bits per heavy atom. The van der Waals surface area contributed by atoms with Gasteiger partial charge in [0.05, 0.1) is 33.5 Å². The molecule has 6 aromatic carbocycles. The zero-order chi connectivity index (χ0) is 29.0. The van der Waals surface area contributed by atoms with Gasteiger partial charge >= 0.3 is 0 Å². The van der Waals surface area contributed by atoms with Gasteiger partial charge in [-0.2, -0.15) is 0 Å². The molecule has 44 heavy (non-hydrogen) atoms. The van der Waals surface area contributed by atoms with Gasteiger partial charge in [-0.3, -0.25) is 4.57 Å². The number of para-hydroxylation sites is 3. The lowest BCUT2D eigenvalue weighted by Crippen LogP contribution is -2.03. The molecule has 4 nitrogen and oxygen atoms in total. The van der Waals surface area contributed by atoms with Crippen LogP contribution in [0, 0.1) is 0 Å². The number of hydrogen-bond donors (Lipinski definition) is 0. The summed E-state index contributed by atoms with van der Waals surface area (Å²) in [5.41, 5.74) is 9.66. The van der Waals surface area contributed by atoms with E-state index in [1.807, 2.05) is 12.1 Å². The molecular weight excluding hydrogens is 536 g/mol. The Balaban J connectivity index is 1.44. The van der Waals surface area contributed by atoms with E-state index >= 15 is 0 Å². The molecule has 0 aliphatic rings. The fourth-order valence-corrected chi connectivity index (χ4v) is 6.61. The summed E-state index contributed by atoms with van der Waals surface area (Å²) < 4.78 is 4.62. The molecule has 3 aromatic heterocycles. The first-order chi connectivity index (χ1) is 21.8. The van der Waals surface area contributed by atoms with Crippen LogP contribution in [0.3, 0.4) is 0 Å². The summed E-state index contributed by atoms with van der Waals surface area (Å²) in [6.07, 6.45) is 0. The van der Waals surface area contributed by atoms with Crippen LogP contribution in [0.2, 0.25) is 0 Å². The van der Waals surface area contributed by atoms with Gasteiger partial charge in [0.15, 0.2) is 0 Å². The molecular formula is C40H26N4. The molecule has 4 heteroatoms. The van der Waals surface area contributed by atoms with Crippen molar-refractivity contribution in [1.82, 2.24) is 19.1 Å². The number of hydrogen-bond acceptors (Lipinski definition) is 2. The largest absolute Gasteiger partial charge is 0.309 e. The maximum absolute atomic E-state index is 5.31. The molecule has 0 aliphatic carbocycles. The SMILES string of the molecule is c1ccc(-c2nc(-n3c4ccccc4c4ccc5c(cc(-c6ccccc6)n5-c5ccccc5)c43)nc3ccccc23)cc1. The first-order valence-electron chi connectivity index (χ1n) is 14.9. The summed E-state index contributed by atoms with van der Waals surface area (Å²) in [5.74, 6) is 0.662. The zero-order valence-electron chi connectivity index (χ0n) is 23.8. The summed E-state index contributed by atoms with van der Waals surface area (Å²) in [6.45, 7) is 0. The van der Waals surface area contributed by atoms with Crippen LogP contribution >= 0.6 is 0 Å². The van der Waals surface area contributed by atoms with Gasteiger partial charge in [0.25, 0.3) is 0 Å². The molecule has 0 atom stereocenters. The molecule has 0 bridgehead atoms. The lowest BCUT2D eigenvalue weighted by atomic mass is 10.1. The van der Waals surface area contributed by atoms with E-state index in [0.29, 0.717) is 5.95 Å². The van der Waals surface area contributed by atoms with E-state index in [-0.39, 0.29) is 0 Å². The molecule has 0 N–H and O–H groups in total. The van der Waals surface area contributed by atoms with Gasteiger partial charge in [-0.25, -0.2) is 9.97 Å². The van der Waals surface area contributed by atoms with Crippen molar-refractivity contribution in [2.75, 3.05) is 0 Å². The van der Waals surface area contributed by atoms with Crippen LogP contribution in [0.4, 0.5) is 0 Å². The van der Waals surface area contributed by atoms with Crippen molar-refractivity contribution in [3.05, 3.63) is 158 Å². The van der Waals surface area contributed by atoms with E-state index in [1.165, 1.54) is 10.8 Å². The second-order valence-corrected chi connectivity index (χ2v) is 11.1. The van der Waals surface area contributed by atoms with Crippen molar-refractivity contribution in [3.63, 3.8) is 0 Å². The molecule has 0 amide bonds. The van der Waals surface area contributed by atoms with E-state index < -0.39 is 0 Å². The average molecular weight is 563 g/mol. The van der Waals surface area contributed by atoms with Crippen LogP contribution in [-0.4, -0.2) is 19.1 Å². The van der Waals surface area contributed by atoms with Gasteiger partial charge in [0, 0.05) is 32.8 Å². The molecule has 0 unspecified atom stereocenters. The molecule has 0 saturated heterocycles. The molecule has 206 valence electrons. The summed E-state index contributed by atoms with van der Waals surface area (Å²) in [7, 11) is 0.